The number of benzene rings is 2. The summed E-state index contributed by atoms with van der Waals surface area (Å²) in [5.74, 6) is -1.75. The molecule has 1 aliphatic heterocycles. The van der Waals surface area contributed by atoms with E-state index in [0.29, 0.717) is 5.56 Å². The van der Waals surface area contributed by atoms with Crippen molar-refractivity contribution in [3.05, 3.63) is 59.4 Å². The Kier molecular flexibility index (Phi) is 7.04. The van der Waals surface area contributed by atoms with Crippen LogP contribution >= 0.6 is 0 Å². The Bertz CT molecular complexity index is 1080. The van der Waals surface area contributed by atoms with Crippen LogP contribution in [0.1, 0.15) is 42.6 Å². The molecule has 1 aliphatic rings. The van der Waals surface area contributed by atoms with Crippen LogP contribution in [0.3, 0.4) is 0 Å². The number of nitrogens with zero attached hydrogens (tertiary/aromatic N) is 2. The molecule has 0 fully saturated rings. The first kappa shape index (κ1) is 24.2. The second-order valence-corrected chi connectivity index (χ2v) is 8.08. The van der Waals surface area contributed by atoms with Gasteiger partial charge in [0.15, 0.2) is 0 Å². The Morgan fingerprint density at radius 1 is 1.15 bits per heavy atom. The first-order valence-corrected chi connectivity index (χ1v) is 10.4. The Morgan fingerprint density at radius 2 is 1.85 bits per heavy atom. The summed E-state index contributed by atoms with van der Waals surface area (Å²) in [5.41, 5.74) is -0.113. The maximum absolute atomic E-state index is 14.3. The third kappa shape index (κ3) is 5.68. The summed E-state index contributed by atoms with van der Waals surface area (Å²) >= 11 is 0. The minimum Gasteiger partial charge on any atom is -0.350 e. The summed E-state index contributed by atoms with van der Waals surface area (Å²) in [7, 11) is 0. The first-order valence-electron chi connectivity index (χ1n) is 10.4. The number of carbonyl (C=O) groups excluding carboxylic acids is 2. The summed E-state index contributed by atoms with van der Waals surface area (Å²) in [5, 5.41) is 9.87. The highest BCUT2D eigenvalue weighted by atomic mass is 19.4. The normalized spacial score (nSPS) is 16.1. The predicted octanol–water partition coefficient (Wildman–Crippen LogP) is 4.80. The standard InChI is InChI=1S/C23H24F4N4O2/c1-13(2)28-22(33)16-8-6-7-14(3)21(16)29-20(32)12-15-11-19(23(25,26)27)30-31(15)18-10-5-4-9-17(18)24/h4-10,13,15H,11-12H2,1-3H3,(H,28,33)(H,29,32). The van der Waals surface area contributed by atoms with Gasteiger partial charge in [-0.3, -0.25) is 14.6 Å². The van der Waals surface area contributed by atoms with Gasteiger partial charge in [-0.1, -0.05) is 24.3 Å². The Morgan fingerprint density at radius 3 is 2.48 bits per heavy atom. The molecule has 0 bridgehead atoms. The Balaban J connectivity index is 1.84. The SMILES string of the molecule is Cc1cccc(C(=O)NC(C)C)c1NC(=O)CC1CC(C(F)(F)F)=NN1c1ccccc1F. The van der Waals surface area contributed by atoms with Gasteiger partial charge in [0.1, 0.15) is 11.5 Å². The number of hydrogen-bond acceptors (Lipinski definition) is 4. The lowest BCUT2D eigenvalue weighted by molar-refractivity contribution is -0.116. The average Bonchev–Trinajstić information content (AvgIpc) is 3.13. The van der Waals surface area contributed by atoms with Crippen LogP contribution in [0.4, 0.5) is 28.9 Å². The molecule has 6 nitrogen and oxygen atoms in total. The lowest BCUT2D eigenvalue weighted by Crippen LogP contribution is -2.33. The quantitative estimate of drug-likeness (QED) is 0.604. The number of amides is 2. The zero-order valence-electron chi connectivity index (χ0n) is 18.3. The summed E-state index contributed by atoms with van der Waals surface area (Å²) in [6, 6.07) is 9.04. The summed E-state index contributed by atoms with van der Waals surface area (Å²) in [6.45, 7) is 5.29. The highest BCUT2D eigenvalue weighted by molar-refractivity contribution is 6.05. The number of para-hydroxylation sites is 2. The van der Waals surface area contributed by atoms with Gasteiger partial charge >= 0.3 is 6.18 Å². The van der Waals surface area contributed by atoms with E-state index >= 15 is 0 Å². The zero-order valence-corrected chi connectivity index (χ0v) is 18.3. The fraction of sp³-hybridized carbons (Fsp3) is 0.348. The maximum atomic E-state index is 14.3. The minimum atomic E-state index is -4.70. The van der Waals surface area contributed by atoms with Crippen LogP contribution in [0.5, 0.6) is 0 Å². The van der Waals surface area contributed by atoms with Gasteiger partial charge in [-0.2, -0.15) is 18.3 Å². The van der Waals surface area contributed by atoms with Crippen LogP contribution in [0.2, 0.25) is 0 Å². The van der Waals surface area contributed by atoms with Gasteiger partial charge in [-0.25, -0.2) is 4.39 Å². The lowest BCUT2D eigenvalue weighted by atomic mass is 10.0. The topological polar surface area (TPSA) is 73.8 Å². The highest BCUT2D eigenvalue weighted by Gasteiger charge is 2.44. The van der Waals surface area contributed by atoms with Crippen LogP contribution in [0.25, 0.3) is 0 Å². The van der Waals surface area contributed by atoms with Crippen molar-refractivity contribution in [1.82, 2.24) is 5.32 Å². The maximum Gasteiger partial charge on any atom is 0.431 e. The molecule has 0 radical (unpaired) electrons. The largest absolute Gasteiger partial charge is 0.431 e. The van der Waals surface area contributed by atoms with Gasteiger partial charge in [0.05, 0.1) is 23.0 Å². The van der Waals surface area contributed by atoms with E-state index in [1.54, 1.807) is 39.0 Å². The van der Waals surface area contributed by atoms with Crippen LogP contribution < -0.4 is 15.6 Å². The Labute approximate surface area is 188 Å². The molecular weight excluding hydrogens is 440 g/mol. The minimum absolute atomic E-state index is 0.132. The smallest absolute Gasteiger partial charge is 0.350 e. The highest BCUT2D eigenvalue weighted by Crippen LogP contribution is 2.34. The zero-order chi connectivity index (χ0) is 24.3. The van der Waals surface area contributed by atoms with Gasteiger partial charge in [-0.05, 0) is 44.5 Å². The molecule has 2 aromatic carbocycles. The fourth-order valence-electron chi connectivity index (χ4n) is 3.55. The lowest BCUT2D eigenvalue weighted by Gasteiger charge is -2.24. The molecule has 33 heavy (non-hydrogen) atoms. The number of hydrogen-bond donors (Lipinski definition) is 2. The number of rotatable bonds is 6. The number of aryl methyl sites for hydroxylation is 1. The van der Waals surface area contributed by atoms with Gasteiger partial charge in [0.2, 0.25) is 5.91 Å². The van der Waals surface area contributed by atoms with Crippen LogP contribution in [0, 0.1) is 12.7 Å². The van der Waals surface area contributed by atoms with Crippen molar-refractivity contribution in [2.75, 3.05) is 10.3 Å². The number of alkyl halides is 3. The summed E-state index contributed by atoms with van der Waals surface area (Å²) in [4.78, 5) is 25.4. The molecular formula is C23H24F4N4O2. The van der Waals surface area contributed by atoms with Crippen LogP contribution in [-0.4, -0.2) is 35.8 Å². The number of carbonyl (C=O) groups is 2. The molecule has 0 saturated heterocycles. The van der Waals surface area contributed by atoms with Crippen molar-refractivity contribution < 1.29 is 27.2 Å². The predicted molar refractivity (Wildman–Crippen MR) is 118 cm³/mol. The molecule has 1 heterocycles. The molecule has 2 amide bonds. The van der Waals surface area contributed by atoms with Gasteiger partial charge in [-0.15, -0.1) is 0 Å². The van der Waals surface area contributed by atoms with Crippen molar-refractivity contribution in [2.24, 2.45) is 5.10 Å². The van der Waals surface area contributed by atoms with Crippen LogP contribution in [-0.2, 0) is 4.79 Å². The molecule has 2 aromatic rings. The van der Waals surface area contributed by atoms with Crippen molar-refractivity contribution in [3.63, 3.8) is 0 Å². The van der Waals surface area contributed by atoms with Crippen molar-refractivity contribution in [1.29, 1.82) is 0 Å². The molecule has 0 saturated carbocycles. The second kappa shape index (κ2) is 9.60. The monoisotopic (exact) mass is 464 g/mol. The molecule has 0 spiro atoms. The van der Waals surface area contributed by atoms with E-state index < -0.39 is 42.5 Å². The van der Waals surface area contributed by atoms with E-state index in [9.17, 15) is 27.2 Å². The van der Waals surface area contributed by atoms with E-state index in [0.717, 1.165) is 11.1 Å². The van der Waals surface area contributed by atoms with Gasteiger partial charge < -0.3 is 10.6 Å². The molecule has 1 unspecified atom stereocenters. The van der Waals surface area contributed by atoms with Crippen molar-refractivity contribution in [2.45, 2.75) is 51.9 Å². The molecule has 0 aliphatic carbocycles. The van der Waals surface area contributed by atoms with E-state index in [4.69, 9.17) is 0 Å². The molecule has 10 heteroatoms. The van der Waals surface area contributed by atoms with Crippen molar-refractivity contribution in [3.8, 4) is 0 Å². The van der Waals surface area contributed by atoms with E-state index in [2.05, 4.69) is 15.7 Å². The van der Waals surface area contributed by atoms with E-state index in [1.165, 1.54) is 18.2 Å². The van der Waals surface area contributed by atoms with Crippen LogP contribution in [0.15, 0.2) is 47.6 Å². The molecule has 2 N–H and O–H groups in total. The molecule has 3 rings (SSSR count). The number of hydrazone groups is 1. The molecule has 1 atom stereocenters. The van der Waals surface area contributed by atoms with Crippen molar-refractivity contribution >= 4 is 28.9 Å². The van der Waals surface area contributed by atoms with Gasteiger partial charge in [0, 0.05) is 18.9 Å². The van der Waals surface area contributed by atoms with E-state index in [1.807, 2.05) is 0 Å². The van der Waals surface area contributed by atoms with Gasteiger partial charge in [0.25, 0.3) is 5.91 Å². The van der Waals surface area contributed by atoms with E-state index in [-0.39, 0.29) is 28.9 Å². The third-order valence-corrected chi connectivity index (χ3v) is 5.05. The fourth-order valence-corrected chi connectivity index (χ4v) is 3.55. The average molecular weight is 464 g/mol. The number of anilines is 2. The Hall–Kier alpha value is -3.43. The summed E-state index contributed by atoms with van der Waals surface area (Å²) in [6.07, 6.45) is -5.66. The number of nitrogens with one attached hydrogen (secondary N) is 2. The second-order valence-electron chi connectivity index (χ2n) is 8.08. The third-order valence-electron chi connectivity index (χ3n) is 5.05. The molecule has 176 valence electrons. The summed E-state index contributed by atoms with van der Waals surface area (Å²) < 4.78 is 54.2. The molecule has 0 aromatic heterocycles. The number of halogens is 4. The first-order chi connectivity index (χ1) is 15.5.